The van der Waals surface area contributed by atoms with E-state index in [0.717, 1.165) is 22.6 Å². The van der Waals surface area contributed by atoms with Crippen LogP contribution in [0, 0.1) is 10.8 Å². The average Bonchev–Trinajstić information content (AvgIpc) is 3.28. The SMILES string of the molecule is COc1ccc(CN2CNC(C3=NC(=O)N(Cc4ccc(OC)cc4)C3=N)C2=N)cc1. The van der Waals surface area contributed by atoms with Crippen molar-refractivity contribution in [3.05, 3.63) is 59.7 Å². The Balaban J connectivity index is 1.42. The van der Waals surface area contributed by atoms with E-state index in [1.54, 1.807) is 14.2 Å². The summed E-state index contributed by atoms with van der Waals surface area (Å²) in [7, 11) is 3.21. The molecule has 2 aromatic rings. The highest BCUT2D eigenvalue weighted by Gasteiger charge is 2.40. The van der Waals surface area contributed by atoms with Crippen molar-refractivity contribution in [3.8, 4) is 11.5 Å². The summed E-state index contributed by atoms with van der Waals surface area (Å²) in [5.74, 6) is 1.82. The third-order valence-corrected chi connectivity index (χ3v) is 5.37. The number of methoxy groups -OCH3 is 2. The molecule has 3 N–H and O–H groups in total. The Morgan fingerprint density at radius 1 is 0.968 bits per heavy atom. The maximum Gasteiger partial charge on any atom is 0.349 e. The topological polar surface area (TPSA) is 114 Å². The number of ether oxygens (including phenoxy) is 2. The van der Waals surface area contributed by atoms with E-state index in [4.69, 9.17) is 20.3 Å². The Morgan fingerprint density at radius 3 is 2.06 bits per heavy atom. The van der Waals surface area contributed by atoms with Crippen molar-refractivity contribution in [2.75, 3.05) is 20.9 Å². The minimum Gasteiger partial charge on any atom is -0.497 e. The van der Waals surface area contributed by atoms with Crippen molar-refractivity contribution >= 4 is 23.4 Å². The Hall–Kier alpha value is -3.72. The van der Waals surface area contributed by atoms with Gasteiger partial charge in [-0.15, -0.1) is 0 Å². The largest absolute Gasteiger partial charge is 0.497 e. The highest BCUT2D eigenvalue weighted by atomic mass is 16.5. The van der Waals surface area contributed by atoms with Crippen molar-refractivity contribution in [2.24, 2.45) is 4.99 Å². The minimum atomic E-state index is -0.587. The van der Waals surface area contributed by atoms with E-state index in [2.05, 4.69) is 10.3 Å². The molecule has 1 unspecified atom stereocenters. The Kier molecular flexibility index (Phi) is 5.68. The van der Waals surface area contributed by atoms with Gasteiger partial charge < -0.3 is 14.4 Å². The Morgan fingerprint density at radius 2 is 1.52 bits per heavy atom. The number of hydrogen-bond acceptors (Lipinski definition) is 6. The molecule has 0 spiro atoms. The lowest BCUT2D eigenvalue weighted by atomic mass is 10.1. The van der Waals surface area contributed by atoms with Crippen LogP contribution in [0.3, 0.4) is 0 Å². The van der Waals surface area contributed by atoms with Crippen LogP contribution in [-0.2, 0) is 13.1 Å². The van der Waals surface area contributed by atoms with Crippen LogP contribution in [0.1, 0.15) is 11.1 Å². The summed E-state index contributed by atoms with van der Waals surface area (Å²) in [6, 6.07) is 13.9. The van der Waals surface area contributed by atoms with Crippen LogP contribution >= 0.6 is 0 Å². The number of benzene rings is 2. The van der Waals surface area contributed by atoms with Crippen LogP contribution < -0.4 is 14.8 Å². The number of carbonyl (C=O) groups is 1. The number of nitrogens with one attached hydrogen (secondary N) is 3. The molecule has 1 atom stereocenters. The summed E-state index contributed by atoms with van der Waals surface area (Å²) in [5, 5.41) is 20.3. The zero-order valence-corrected chi connectivity index (χ0v) is 17.4. The first-order valence-electron chi connectivity index (χ1n) is 9.82. The summed E-state index contributed by atoms with van der Waals surface area (Å²) < 4.78 is 10.3. The number of urea groups is 1. The summed E-state index contributed by atoms with van der Waals surface area (Å²) in [4.78, 5) is 19.7. The third-order valence-electron chi connectivity index (χ3n) is 5.37. The van der Waals surface area contributed by atoms with E-state index >= 15 is 0 Å². The van der Waals surface area contributed by atoms with Gasteiger partial charge in [0.25, 0.3) is 0 Å². The number of hydrogen-bond donors (Lipinski definition) is 3. The van der Waals surface area contributed by atoms with Gasteiger partial charge in [-0.2, -0.15) is 4.99 Å². The highest BCUT2D eigenvalue weighted by molar-refractivity contribution is 6.52. The lowest BCUT2D eigenvalue weighted by molar-refractivity contribution is 0.231. The first-order valence-corrected chi connectivity index (χ1v) is 9.82. The molecule has 9 heteroatoms. The predicted octanol–water partition coefficient (Wildman–Crippen LogP) is 2.47. The lowest BCUT2D eigenvalue weighted by Crippen LogP contribution is -2.43. The first-order chi connectivity index (χ1) is 15.0. The zero-order valence-electron chi connectivity index (χ0n) is 17.4. The molecule has 2 aliphatic rings. The second kappa shape index (κ2) is 8.57. The van der Waals surface area contributed by atoms with Crippen LogP contribution in [0.4, 0.5) is 4.79 Å². The van der Waals surface area contributed by atoms with Gasteiger partial charge in [-0.25, -0.2) is 4.79 Å². The van der Waals surface area contributed by atoms with Crippen LogP contribution in [0.2, 0.25) is 0 Å². The van der Waals surface area contributed by atoms with Crippen LogP contribution in [0.15, 0.2) is 53.5 Å². The summed E-state index contributed by atoms with van der Waals surface area (Å²) in [5.41, 5.74) is 2.18. The second-order valence-corrected chi connectivity index (χ2v) is 7.29. The van der Waals surface area contributed by atoms with Crippen molar-refractivity contribution in [2.45, 2.75) is 19.1 Å². The van der Waals surface area contributed by atoms with Crippen molar-refractivity contribution in [1.29, 1.82) is 10.8 Å². The monoisotopic (exact) mass is 420 g/mol. The molecule has 0 aliphatic carbocycles. The third kappa shape index (κ3) is 4.13. The van der Waals surface area contributed by atoms with E-state index in [-0.39, 0.29) is 18.1 Å². The molecule has 0 saturated carbocycles. The Bertz CT molecular complexity index is 1030. The molecule has 2 amide bonds. The van der Waals surface area contributed by atoms with Gasteiger partial charge in [0.2, 0.25) is 0 Å². The molecule has 1 fully saturated rings. The molecular formula is C22H24N6O3. The van der Waals surface area contributed by atoms with Gasteiger partial charge in [-0.1, -0.05) is 24.3 Å². The zero-order chi connectivity index (χ0) is 22.0. The van der Waals surface area contributed by atoms with Crippen LogP contribution in [0.5, 0.6) is 11.5 Å². The molecule has 1 saturated heterocycles. The molecule has 0 aromatic heterocycles. The van der Waals surface area contributed by atoms with E-state index < -0.39 is 12.1 Å². The normalized spacial score (nSPS) is 18.6. The maximum atomic E-state index is 12.5. The molecular weight excluding hydrogens is 396 g/mol. The highest BCUT2D eigenvalue weighted by Crippen LogP contribution is 2.20. The molecule has 2 aromatic carbocycles. The van der Waals surface area contributed by atoms with E-state index in [0.29, 0.717) is 19.0 Å². The average molecular weight is 420 g/mol. The first kappa shape index (κ1) is 20.5. The fourth-order valence-electron chi connectivity index (χ4n) is 3.60. The number of amides is 2. The Labute approximate surface area is 180 Å². The number of amidine groups is 2. The summed E-state index contributed by atoms with van der Waals surface area (Å²) >= 11 is 0. The lowest BCUT2D eigenvalue weighted by Gasteiger charge is -2.19. The molecule has 2 heterocycles. The van der Waals surface area contributed by atoms with Gasteiger partial charge in [0.1, 0.15) is 29.1 Å². The van der Waals surface area contributed by atoms with Crippen molar-refractivity contribution < 1.29 is 14.3 Å². The van der Waals surface area contributed by atoms with E-state index in [1.807, 2.05) is 53.4 Å². The number of rotatable bonds is 7. The predicted molar refractivity (Wildman–Crippen MR) is 117 cm³/mol. The van der Waals surface area contributed by atoms with Gasteiger partial charge in [0.05, 0.1) is 27.4 Å². The van der Waals surface area contributed by atoms with Gasteiger partial charge in [0, 0.05) is 6.54 Å². The molecule has 31 heavy (non-hydrogen) atoms. The second-order valence-electron chi connectivity index (χ2n) is 7.29. The van der Waals surface area contributed by atoms with Crippen LogP contribution in [-0.4, -0.2) is 60.1 Å². The molecule has 4 rings (SSSR count). The van der Waals surface area contributed by atoms with Crippen molar-refractivity contribution in [1.82, 2.24) is 15.1 Å². The fourth-order valence-corrected chi connectivity index (χ4v) is 3.60. The summed E-state index contributed by atoms with van der Waals surface area (Å²) in [6.07, 6.45) is 0. The number of nitrogens with zero attached hydrogens (tertiary/aromatic N) is 3. The van der Waals surface area contributed by atoms with Gasteiger partial charge in [-0.3, -0.25) is 21.0 Å². The summed E-state index contributed by atoms with van der Waals surface area (Å²) in [6.45, 7) is 1.22. The van der Waals surface area contributed by atoms with Gasteiger partial charge in [0.15, 0.2) is 5.84 Å². The number of aliphatic imine (C=N–C) groups is 1. The fraction of sp³-hybridized carbons (Fsp3) is 0.273. The molecule has 2 aliphatic heterocycles. The quantitative estimate of drug-likeness (QED) is 0.637. The van der Waals surface area contributed by atoms with Gasteiger partial charge >= 0.3 is 6.03 Å². The van der Waals surface area contributed by atoms with Crippen LogP contribution in [0.25, 0.3) is 0 Å². The van der Waals surface area contributed by atoms with Gasteiger partial charge in [-0.05, 0) is 35.4 Å². The van der Waals surface area contributed by atoms with Crippen molar-refractivity contribution in [3.63, 3.8) is 0 Å². The number of carbonyl (C=O) groups excluding carboxylic acids is 1. The smallest absolute Gasteiger partial charge is 0.349 e. The minimum absolute atomic E-state index is 0.0226. The molecule has 0 bridgehead atoms. The maximum absolute atomic E-state index is 12.5. The molecule has 160 valence electrons. The van der Waals surface area contributed by atoms with E-state index in [1.165, 1.54) is 4.90 Å². The van der Waals surface area contributed by atoms with E-state index in [9.17, 15) is 4.79 Å². The standard InChI is InChI=1S/C22H24N6O3/c1-30-16-7-3-14(4-8-16)11-27-13-25-18(20(27)23)19-21(24)28(22(29)26-19)12-15-5-9-17(31-2)10-6-15/h3-10,18,23-25H,11-13H2,1-2H3. The molecule has 9 nitrogen and oxygen atoms in total. The molecule has 0 radical (unpaired) electrons.